The molecular formula is C16H20BrNO3. The van der Waals surface area contributed by atoms with Crippen molar-refractivity contribution in [2.75, 3.05) is 0 Å². The summed E-state index contributed by atoms with van der Waals surface area (Å²) < 4.78 is 0.676. The Morgan fingerprint density at radius 3 is 2.71 bits per heavy atom. The molecule has 2 N–H and O–H groups in total. The molecule has 2 atom stereocenters. The summed E-state index contributed by atoms with van der Waals surface area (Å²) in [6.45, 7) is 3.80. The van der Waals surface area contributed by atoms with Crippen LogP contribution in [0.15, 0.2) is 22.7 Å². The second-order valence-corrected chi connectivity index (χ2v) is 6.72. The fourth-order valence-electron chi connectivity index (χ4n) is 2.99. The van der Waals surface area contributed by atoms with Gasteiger partial charge in [-0.15, -0.1) is 0 Å². The van der Waals surface area contributed by atoms with E-state index in [-0.39, 0.29) is 11.8 Å². The molecule has 0 aromatic heterocycles. The SMILES string of the molecule is Cc1ccc(Br)c(C(=O)NC2(C(=O)O)CCCCC2C)c1. The standard InChI is InChI=1S/C16H20BrNO3/c1-10-6-7-13(17)12(9-10)14(19)18-16(15(20)21)8-4-3-5-11(16)2/h6-7,9,11H,3-5,8H2,1-2H3,(H,18,19)(H,20,21). The number of halogens is 1. The first kappa shape index (κ1) is 16.0. The summed E-state index contributed by atoms with van der Waals surface area (Å²) in [5.74, 6) is -1.34. The molecule has 0 aliphatic heterocycles. The second-order valence-electron chi connectivity index (χ2n) is 5.86. The minimum absolute atomic E-state index is 0.0729. The number of carboxylic acid groups (broad SMARTS) is 1. The summed E-state index contributed by atoms with van der Waals surface area (Å²) >= 11 is 3.36. The summed E-state index contributed by atoms with van der Waals surface area (Å²) in [6, 6.07) is 5.47. The Balaban J connectivity index is 2.31. The minimum Gasteiger partial charge on any atom is -0.479 e. The molecule has 0 bridgehead atoms. The lowest BCUT2D eigenvalue weighted by Crippen LogP contribution is -2.60. The molecule has 2 unspecified atom stereocenters. The van der Waals surface area contributed by atoms with E-state index in [1.165, 1.54) is 0 Å². The Morgan fingerprint density at radius 2 is 2.10 bits per heavy atom. The maximum Gasteiger partial charge on any atom is 0.329 e. The van der Waals surface area contributed by atoms with Crippen molar-refractivity contribution >= 4 is 27.8 Å². The predicted molar refractivity (Wildman–Crippen MR) is 84.3 cm³/mol. The van der Waals surface area contributed by atoms with Crippen LogP contribution < -0.4 is 5.32 Å². The first-order chi connectivity index (χ1) is 9.86. The first-order valence-electron chi connectivity index (χ1n) is 7.19. The minimum atomic E-state index is -1.15. The molecule has 4 nitrogen and oxygen atoms in total. The number of nitrogens with one attached hydrogen (secondary N) is 1. The lowest BCUT2D eigenvalue weighted by molar-refractivity contribution is -0.148. The zero-order chi connectivity index (χ0) is 15.6. The van der Waals surface area contributed by atoms with Gasteiger partial charge in [-0.2, -0.15) is 0 Å². The van der Waals surface area contributed by atoms with E-state index in [9.17, 15) is 14.7 Å². The number of rotatable bonds is 3. The van der Waals surface area contributed by atoms with Crippen molar-refractivity contribution < 1.29 is 14.7 Å². The van der Waals surface area contributed by atoms with Crippen molar-refractivity contribution in [2.45, 2.75) is 45.1 Å². The van der Waals surface area contributed by atoms with E-state index in [0.717, 1.165) is 24.8 Å². The highest BCUT2D eigenvalue weighted by Gasteiger charge is 2.46. The van der Waals surface area contributed by atoms with Crippen LogP contribution in [-0.2, 0) is 4.79 Å². The molecule has 2 rings (SSSR count). The van der Waals surface area contributed by atoms with Gasteiger partial charge in [-0.3, -0.25) is 4.79 Å². The van der Waals surface area contributed by atoms with Crippen LogP contribution in [0.1, 0.15) is 48.5 Å². The maximum atomic E-state index is 12.5. The number of carboxylic acids is 1. The molecule has 1 amide bonds. The fraction of sp³-hybridized carbons (Fsp3) is 0.500. The molecule has 0 saturated heterocycles. The summed E-state index contributed by atoms with van der Waals surface area (Å²) in [7, 11) is 0. The molecule has 21 heavy (non-hydrogen) atoms. The number of carbonyl (C=O) groups is 2. The average Bonchev–Trinajstić information content (AvgIpc) is 2.43. The summed E-state index contributed by atoms with van der Waals surface area (Å²) in [5, 5.41) is 12.4. The fourth-order valence-corrected chi connectivity index (χ4v) is 3.41. The Morgan fingerprint density at radius 1 is 1.38 bits per heavy atom. The lowest BCUT2D eigenvalue weighted by Gasteiger charge is -2.39. The maximum absolute atomic E-state index is 12.5. The van der Waals surface area contributed by atoms with Crippen molar-refractivity contribution in [3.8, 4) is 0 Å². The van der Waals surface area contributed by atoms with Gasteiger partial charge in [-0.1, -0.05) is 31.4 Å². The Kier molecular flexibility index (Phi) is 4.71. The van der Waals surface area contributed by atoms with Crippen molar-refractivity contribution in [1.29, 1.82) is 0 Å². The van der Waals surface area contributed by atoms with Crippen molar-refractivity contribution in [2.24, 2.45) is 5.92 Å². The van der Waals surface area contributed by atoms with Crippen molar-refractivity contribution in [1.82, 2.24) is 5.32 Å². The van der Waals surface area contributed by atoms with Crippen molar-refractivity contribution in [3.63, 3.8) is 0 Å². The van der Waals surface area contributed by atoms with Gasteiger partial charge in [0.2, 0.25) is 0 Å². The molecule has 1 aromatic carbocycles. The number of carbonyl (C=O) groups excluding carboxylic acids is 1. The topological polar surface area (TPSA) is 66.4 Å². The van der Waals surface area contributed by atoms with E-state index >= 15 is 0 Å². The van der Waals surface area contributed by atoms with E-state index < -0.39 is 11.5 Å². The predicted octanol–water partition coefficient (Wildman–Crippen LogP) is 3.52. The largest absolute Gasteiger partial charge is 0.479 e. The molecule has 1 aliphatic rings. The van der Waals surface area contributed by atoms with Gasteiger partial charge in [-0.05, 0) is 53.7 Å². The molecular weight excluding hydrogens is 334 g/mol. The number of aryl methyl sites for hydroxylation is 1. The number of hydrogen-bond donors (Lipinski definition) is 2. The third-order valence-corrected chi connectivity index (χ3v) is 5.08. The highest BCUT2D eigenvalue weighted by Crippen LogP contribution is 2.34. The number of benzene rings is 1. The zero-order valence-electron chi connectivity index (χ0n) is 12.3. The van der Waals surface area contributed by atoms with Crippen LogP contribution in [0.4, 0.5) is 0 Å². The molecule has 0 heterocycles. The van der Waals surface area contributed by atoms with E-state index in [2.05, 4.69) is 21.2 Å². The number of hydrogen-bond acceptors (Lipinski definition) is 2. The molecule has 1 aliphatic carbocycles. The van der Waals surface area contributed by atoms with Crippen LogP contribution in [-0.4, -0.2) is 22.5 Å². The van der Waals surface area contributed by atoms with Gasteiger partial charge in [0.15, 0.2) is 0 Å². The van der Waals surface area contributed by atoms with Gasteiger partial charge < -0.3 is 10.4 Å². The molecule has 1 aromatic rings. The molecule has 1 fully saturated rings. The number of amides is 1. The van der Waals surface area contributed by atoms with Gasteiger partial charge in [-0.25, -0.2) is 4.79 Å². The lowest BCUT2D eigenvalue weighted by atomic mass is 9.73. The van der Waals surface area contributed by atoms with E-state index in [1.54, 1.807) is 6.07 Å². The van der Waals surface area contributed by atoms with Gasteiger partial charge >= 0.3 is 5.97 Å². The van der Waals surface area contributed by atoms with Crippen LogP contribution in [0.25, 0.3) is 0 Å². The van der Waals surface area contributed by atoms with E-state index in [0.29, 0.717) is 16.5 Å². The molecule has 1 saturated carbocycles. The van der Waals surface area contributed by atoms with Crippen molar-refractivity contribution in [3.05, 3.63) is 33.8 Å². The molecule has 5 heteroatoms. The quantitative estimate of drug-likeness (QED) is 0.873. The summed E-state index contributed by atoms with van der Waals surface area (Å²) in [4.78, 5) is 24.3. The normalized spacial score (nSPS) is 25.4. The summed E-state index contributed by atoms with van der Waals surface area (Å²) in [6.07, 6.45) is 3.15. The highest BCUT2D eigenvalue weighted by atomic mass is 79.9. The van der Waals surface area contributed by atoms with Crippen LogP contribution in [0.2, 0.25) is 0 Å². The third kappa shape index (κ3) is 3.12. The molecule has 114 valence electrons. The van der Waals surface area contributed by atoms with Gasteiger partial charge in [0.05, 0.1) is 5.56 Å². The Hall–Kier alpha value is -1.36. The smallest absolute Gasteiger partial charge is 0.329 e. The highest BCUT2D eigenvalue weighted by molar-refractivity contribution is 9.10. The average molecular weight is 354 g/mol. The van der Waals surface area contributed by atoms with Gasteiger partial charge in [0.25, 0.3) is 5.91 Å². The Bertz CT molecular complexity index is 573. The van der Waals surface area contributed by atoms with E-state index in [4.69, 9.17) is 0 Å². The Labute approximate surface area is 133 Å². The third-order valence-electron chi connectivity index (χ3n) is 4.38. The first-order valence-corrected chi connectivity index (χ1v) is 7.98. The van der Waals surface area contributed by atoms with Gasteiger partial charge in [0, 0.05) is 4.47 Å². The van der Waals surface area contributed by atoms with Crippen LogP contribution in [0, 0.1) is 12.8 Å². The molecule has 0 radical (unpaired) electrons. The second kappa shape index (κ2) is 6.18. The van der Waals surface area contributed by atoms with Crippen LogP contribution in [0.5, 0.6) is 0 Å². The zero-order valence-corrected chi connectivity index (χ0v) is 13.9. The van der Waals surface area contributed by atoms with E-state index in [1.807, 2.05) is 26.0 Å². The monoisotopic (exact) mass is 353 g/mol. The summed E-state index contributed by atoms with van der Waals surface area (Å²) in [5.41, 5.74) is 0.288. The van der Waals surface area contributed by atoms with Crippen LogP contribution >= 0.6 is 15.9 Å². The molecule has 0 spiro atoms. The van der Waals surface area contributed by atoms with Crippen LogP contribution in [0.3, 0.4) is 0 Å². The number of aliphatic carboxylic acids is 1. The van der Waals surface area contributed by atoms with Gasteiger partial charge in [0.1, 0.15) is 5.54 Å².